The molecule has 1 aliphatic rings. The maximum absolute atomic E-state index is 4.50. The lowest BCUT2D eigenvalue weighted by Gasteiger charge is -2.19. The molecule has 1 N–H and O–H groups in total. The van der Waals surface area contributed by atoms with E-state index in [1.165, 1.54) is 29.1 Å². The summed E-state index contributed by atoms with van der Waals surface area (Å²) in [5.74, 6) is 1.54. The van der Waals surface area contributed by atoms with Crippen molar-refractivity contribution in [1.29, 1.82) is 0 Å². The minimum Gasteiger partial charge on any atom is -0.309 e. The van der Waals surface area contributed by atoms with Crippen molar-refractivity contribution in [3.8, 4) is 0 Å². The summed E-state index contributed by atoms with van der Waals surface area (Å²) in [5.41, 5.74) is 0. The van der Waals surface area contributed by atoms with E-state index in [0.717, 1.165) is 18.4 Å². The normalized spacial score (nSPS) is 19.7. The minimum atomic E-state index is 0.594. The average molecular weight is 238 g/mol. The van der Waals surface area contributed by atoms with Gasteiger partial charge in [-0.3, -0.25) is 0 Å². The molecule has 1 aromatic rings. The molecule has 1 saturated carbocycles. The fourth-order valence-electron chi connectivity index (χ4n) is 1.74. The van der Waals surface area contributed by atoms with Crippen LogP contribution in [-0.4, -0.2) is 11.0 Å². The van der Waals surface area contributed by atoms with E-state index >= 15 is 0 Å². The van der Waals surface area contributed by atoms with Crippen LogP contribution in [-0.2, 0) is 6.54 Å². The van der Waals surface area contributed by atoms with Gasteiger partial charge in [0, 0.05) is 29.6 Å². The lowest BCUT2D eigenvalue weighted by molar-refractivity contribution is 0.390. The van der Waals surface area contributed by atoms with Crippen molar-refractivity contribution in [1.82, 2.24) is 10.3 Å². The second kappa shape index (κ2) is 5.28. The smallest absolute Gasteiger partial charge is 0.0959 e. The van der Waals surface area contributed by atoms with Gasteiger partial charge in [-0.1, -0.05) is 20.3 Å². The number of nitrogens with one attached hydrogen (secondary N) is 1. The van der Waals surface area contributed by atoms with Crippen molar-refractivity contribution in [2.45, 2.75) is 58.5 Å². The van der Waals surface area contributed by atoms with E-state index in [4.69, 9.17) is 0 Å². The number of hydrogen-bond donors (Lipinski definition) is 1. The fraction of sp³-hybridized carbons (Fsp3) is 0.769. The topological polar surface area (TPSA) is 24.9 Å². The maximum Gasteiger partial charge on any atom is 0.0959 e. The molecule has 2 unspecified atom stereocenters. The zero-order valence-electron chi connectivity index (χ0n) is 10.5. The molecule has 1 aliphatic carbocycles. The Kier molecular flexibility index (Phi) is 3.98. The SMILES string of the molecule is CCC(C)C(C)NCc1cnc(C2CC2)s1. The maximum atomic E-state index is 4.50. The zero-order valence-corrected chi connectivity index (χ0v) is 11.3. The third-order valence-corrected chi connectivity index (χ3v) is 4.75. The summed E-state index contributed by atoms with van der Waals surface area (Å²) in [5, 5.41) is 4.95. The first-order chi connectivity index (χ1) is 7.70. The van der Waals surface area contributed by atoms with Crippen molar-refractivity contribution in [2.24, 2.45) is 5.92 Å². The minimum absolute atomic E-state index is 0.594. The molecule has 1 aromatic heterocycles. The number of hydrogen-bond acceptors (Lipinski definition) is 3. The van der Waals surface area contributed by atoms with Gasteiger partial charge in [-0.15, -0.1) is 11.3 Å². The molecule has 2 nitrogen and oxygen atoms in total. The average Bonchev–Trinajstić information content (AvgIpc) is 3.05. The van der Waals surface area contributed by atoms with Gasteiger partial charge in [-0.2, -0.15) is 0 Å². The van der Waals surface area contributed by atoms with Gasteiger partial charge < -0.3 is 5.32 Å². The van der Waals surface area contributed by atoms with Crippen LogP contribution in [0.25, 0.3) is 0 Å². The highest BCUT2D eigenvalue weighted by Gasteiger charge is 2.26. The van der Waals surface area contributed by atoms with Crippen LogP contribution >= 0.6 is 11.3 Å². The largest absolute Gasteiger partial charge is 0.309 e. The summed E-state index contributed by atoms with van der Waals surface area (Å²) in [6, 6.07) is 0.594. The predicted octanol–water partition coefficient (Wildman–Crippen LogP) is 3.54. The van der Waals surface area contributed by atoms with Crippen LogP contribution in [0.2, 0.25) is 0 Å². The molecule has 3 heteroatoms. The summed E-state index contributed by atoms with van der Waals surface area (Å²) >= 11 is 1.89. The first-order valence-corrected chi connectivity index (χ1v) is 7.20. The monoisotopic (exact) mass is 238 g/mol. The van der Waals surface area contributed by atoms with E-state index < -0.39 is 0 Å². The fourth-order valence-corrected chi connectivity index (χ4v) is 2.78. The van der Waals surface area contributed by atoms with Crippen LogP contribution in [0.5, 0.6) is 0 Å². The molecule has 0 aromatic carbocycles. The molecule has 0 amide bonds. The van der Waals surface area contributed by atoms with Gasteiger partial charge in [0.25, 0.3) is 0 Å². The third-order valence-electron chi connectivity index (χ3n) is 3.59. The summed E-state index contributed by atoms with van der Waals surface area (Å²) in [7, 11) is 0. The van der Waals surface area contributed by atoms with Gasteiger partial charge in [-0.25, -0.2) is 4.98 Å². The van der Waals surface area contributed by atoms with Gasteiger partial charge in [0.05, 0.1) is 5.01 Å². The lowest BCUT2D eigenvalue weighted by atomic mass is 10.0. The Morgan fingerprint density at radius 3 is 2.88 bits per heavy atom. The summed E-state index contributed by atoms with van der Waals surface area (Å²) in [6.45, 7) is 7.81. The number of nitrogens with zero attached hydrogens (tertiary/aromatic N) is 1. The molecule has 1 fully saturated rings. The summed E-state index contributed by atoms with van der Waals surface area (Å²) in [6.07, 6.45) is 5.99. The van der Waals surface area contributed by atoms with Gasteiger partial charge in [0.1, 0.15) is 0 Å². The van der Waals surface area contributed by atoms with E-state index in [0.29, 0.717) is 6.04 Å². The third kappa shape index (κ3) is 3.05. The van der Waals surface area contributed by atoms with Crippen LogP contribution < -0.4 is 5.32 Å². The molecule has 2 atom stereocenters. The Bertz CT molecular complexity index is 330. The predicted molar refractivity (Wildman–Crippen MR) is 69.8 cm³/mol. The standard InChI is InChI=1S/C13H22N2S/c1-4-9(2)10(3)14-7-12-8-15-13(16-12)11-5-6-11/h8-11,14H,4-7H2,1-3H3. The molecule has 1 heterocycles. The highest BCUT2D eigenvalue weighted by atomic mass is 32.1. The Hall–Kier alpha value is -0.410. The molecule has 90 valence electrons. The van der Waals surface area contributed by atoms with E-state index in [1.54, 1.807) is 0 Å². The van der Waals surface area contributed by atoms with Crippen LogP contribution in [0.4, 0.5) is 0 Å². The van der Waals surface area contributed by atoms with Gasteiger partial charge in [0.2, 0.25) is 0 Å². The van der Waals surface area contributed by atoms with Crippen LogP contribution in [0, 0.1) is 5.92 Å². The highest BCUT2D eigenvalue weighted by molar-refractivity contribution is 7.11. The Labute approximate surface area is 102 Å². The van der Waals surface area contributed by atoms with Crippen LogP contribution in [0.1, 0.15) is 55.8 Å². The molecule has 16 heavy (non-hydrogen) atoms. The lowest BCUT2D eigenvalue weighted by Crippen LogP contribution is -2.31. The molecule has 0 spiro atoms. The van der Waals surface area contributed by atoms with Crippen LogP contribution in [0.3, 0.4) is 0 Å². The zero-order chi connectivity index (χ0) is 11.5. The van der Waals surface area contributed by atoms with E-state index in [1.807, 2.05) is 11.3 Å². The van der Waals surface area contributed by atoms with Crippen molar-refractivity contribution in [2.75, 3.05) is 0 Å². The van der Waals surface area contributed by atoms with Crippen molar-refractivity contribution < 1.29 is 0 Å². The highest BCUT2D eigenvalue weighted by Crippen LogP contribution is 2.41. The molecule has 0 aliphatic heterocycles. The van der Waals surface area contributed by atoms with E-state index in [-0.39, 0.29) is 0 Å². The number of rotatable bonds is 6. The van der Waals surface area contributed by atoms with Crippen molar-refractivity contribution >= 4 is 11.3 Å². The van der Waals surface area contributed by atoms with Crippen molar-refractivity contribution in [3.63, 3.8) is 0 Å². The molecular weight excluding hydrogens is 216 g/mol. The van der Waals surface area contributed by atoms with Crippen LogP contribution in [0.15, 0.2) is 6.20 Å². The van der Waals surface area contributed by atoms with Gasteiger partial charge in [0.15, 0.2) is 0 Å². The van der Waals surface area contributed by atoms with Crippen molar-refractivity contribution in [3.05, 3.63) is 16.1 Å². The summed E-state index contributed by atoms with van der Waals surface area (Å²) < 4.78 is 0. The molecule has 0 saturated heterocycles. The first kappa shape index (κ1) is 12.1. The number of thiazole rings is 1. The molecule has 0 bridgehead atoms. The Morgan fingerprint density at radius 1 is 1.50 bits per heavy atom. The molecule has 0 radical (unpaired) electrons. The second-order valence-corrected chi connectivity index (χ2v) is 6.14. The quantitative estimate of drug-likeness (QED) is 0.820. The summed E-state index contributed by atoms with van der Waals surface area (Å²) in [4.78, 5) is 5.89. The number of aromatic nitrogens is 1. The first-order valence-electron chi connectivity index (χ1n) is 6.38. The van der Waals surface area contributed by atoms with Gasteiger partial charge >= 0.3 is 0 Å². The van der Waals surface area contributed by atoms with E-state index in [9.17, 15) is 0 Å². The Balaban J connectivity index is 1.79. The molecule has 2 rings (SSSR count). The Morgan fingerprint density at radius 2 is 2.25 bits per heavy atom. The second-order valence-electron chi connectivity index (χ2n) is 4.99. The molecular formula is C13H22N2S. The van der Waals surface area contributed by atoms with E-state index in [2.05, 4.69) is 37.3 Å². The van der Waals surface area contributed by atoms with Gasteiger partial charge in [-0.05, 0) is 25.7 Å².